The molecule has 170 valence electrons. The summed E-state index contributed by atoms with van der Waals surface area (Å²) in [7, 11) is 0. The lowest BCUT2D eigenvalue weighted by Crippen LogP contribution is -2.33. The minimum atomic E-state index is -0.444. The first-order chi connectivity index (χ1) is 15.8. The number of carbonyl (C=O) groups is 2. The number of pyridine rings is 2. The van der Waals surface area contributed by atoms with Gasteiger partial charge in [-0.1, -0.05) is 24.6 Å². The van der Waals surface area contributed by atoms with Crippen molar-refractivity contribution in [2.45, 2.75) is 26.7 Å². The van der Waals surface area contributed by atoms with E-state index in [-0.39, 0.29) is 23.3 Å². The highest BCUT2D eigenvalue weighted by molar-refractivity contribution is 6.30. The SMILES string of the molecule is Cc1cc(-n2ccccc2=O)ccc1NC(=O)[C@H]1C[C@@H](C)C[C@@H]1C(=O)Nc1ccc(Cl)cn1. The van der Waals surface area contributed by atoms with Gasteiger partial charge in [-0.05, 0) is 67.6 Å². The molecule has 1 aromatic carbocycles. The second-order valence-electron chi connectivity index (χ2n) is 8.54. The van der Waals surface area contributed by atoms with Crippen LogP contribution in [0.4, 0.5) is 11.5 Å². The van der Waals surface area contributed by atoms with E-state index in [0.29, 0.717) is 29.4 Å². The Kier molecular flexibility index (Phi) is 6.60. The maximum atomic E-state index is 13.2. The third kappa shape index (κ3) is 5.14. The van der Waals surface area contributed by atoms with Crippen molar-refractivity contribution in [2.24, 2.45) is 17.8 Å². The summed E-state index contributed by atoms with van der Waals surface area (Å²) < 4.78 is 1.54. The van der Waals surface area contributed by atoms with E-state index < -0.39 is 11.8 Å². The third-order valence-electron chi connectivity index (χ3n) is 6.02. The fourth-order valence-electron chi connectivity index (χ4n) is 4.34. The average molecular weight is 465 g/mol. The van der Waals surface area contributed by atoms with Gasteiger partial charge in [0, 0.05) is 29.8 Å². The number of carbonyl (C=O) groups excluding carboxylic acids is 2. The van der Waals surface area contributed by atoms with Gasteiger partial charge in [-0.15, -0.1) is 0 Å². The molecule has 0 bridgehead atoms. The number of aromatic nitrogens is 2. The van der Waals surface area contributed by atoms with Crippen molar-refractivity contribution >= 4 is 34.9 Å². The van der Waals surface area contributed by atoms with E-state index >= 15 is 0 Å². The molecule has 0 spiro atoms. The molecule has 1 aliphatic carbocycles. The first-order valence-electron chi connectivity index (χ1n) is 10.8. The summed E-state index contributed by atoms with van der Waals surface area (Å²) in [5.74, 6) is -0.627. The monoisotopic (exact) mass is 464 g/mol. The molecule has 7 nitrogen and oxygen atoms in total. The molecule has 1 saturated carbocycles. The molecule has 0 saturated heterocycles. The molecule has 2 amide bonds. The highest BCUT2D eigenvalue weighted by atomic mass is 35.5. The Bertz CT molecular complexity index is 1240. The van der Waals surface area contributed by atoms with Crippen molar-refractivity contribution in [2.75, 3.05) is 10.6 Å². The average Bonchev–Trinajstić information content (AvgIpc) is 3.19. The Hall–Kier alpha value is -3.45. The summed E-state index contributed by atoms with van der Waals surface area (Å²) in [6.07, 6.45) is 4.43. The van der Waals surface area contributed by atoms with E-state index in [1.54, 1.807) is 47.2 Å². The minimum Gasteiger partial charge on any atom is -0.326 e. The Morgan fingerprint density at radius 1 is 1.03 bits per heavy atom. The predicted molar refractivity (Wildman–Crippen MR) is 129 cm³/mol. The van der Waals surface area contributed by atoms with E-state index in [2.05, 4.69) is 15.6 Å². The van der Waals surface area contributed by atoms with Crippen LogP contribution in [0.3, 0.4) is 0 Å². The highest BCUT2D eigenvalue weighted by Crippen LogP contribution is 2.38. The first kappa shape index (κ1) is 22.7. The van der Waals surface area contributed by atoms with Gasteiger partial charge in [0.25, 0.3) is 5.56 Å². The van der Waals surface area contributed by atoms with E-state index in [0.717, 1.165) is 11.3 Å². The number of halogens is 1. The number of hydrogen-bond donors (Lipinski definition) is 2. The van der Waals surface area contributed by atoms with Crippen molar-refractivity contribution in [3.05, 3.63) is 81.9 Å². The van der Waals surface area contributed by atoms with Gasteiger partial charge < -0.3 is 10.6 Å². The summed E-state index contributed by atoms with van der Waals surface area (Å²) in [5.41, 5.74) is 2.08. The summed E-state index contributed by atoms with van der Waals surface area (Å²) in [6, 6.07) is 13.7. The van der Waals surface area contributed by atoms with Crippen LogP contribution in [0.25, 0.3) is 5.69 Å². The molecular formula is C25H25ClN4O3. The Labute approximate surface area is 196 Å². The number of amides is 2. The molecule has 0 radical (unpaired) electrons. The van der Waals surface area contributed by atoms with Gasteiger partial charge in [0.1, 0.15) is 5.82 Å². The molecule has 4 rings (SSSR count). The third-order valence-corrected chi connectivity index (χ3v) is 6.24. The van der Waals surface area contributed by atoms with E-state index in [4.69, 9.17) is 11.6 Å². The van der Waals surface area contributed by atoms with Gasteiger partial charge in [0.15, 0.2) is 0 Å². The summed E-state index contributed by atoms with van der Waals surface area (Å²) in [6.45, 7) is 3.92. The summed E-state index contributed by atoms with van der Waals surface area (Å²) in [5, 5.41) is 6.27. The van der Waals surface area contributed by atoms with E-state index in [1.807, 2.05) is 19.9 Å². The van der Waals surface area contributed by atoms with Crippen LogP contribution in [0.5, 0.6) is 0 Å². The number of rotatable bonds is 5. The molecule has 0 unspecified atom stereocenters. The first-order valence-corrected chi connectivity index (χ1v) is 11.2. The van der Waals surface area contributed by atoms with Crippen molar-refractivity contribution in [1.29, 1.82) is 0 Å². The zero-order valence-electron chi connectivity index (χ0n) is 18.4. The Morgan fingerprint density at radius 3 is 2.39 bits per heavy atom. The molecule has 33 heavy (non-hydrogen) atoms. The molecule has 2 aromatic heterocycles. The summed E-state index contributed by atoms with van der Waals surface area (Å²) in [4.78, 5) is 42.3. The van der Waals surface area contributed by atoms with Crippen LogP contribution in [0.2, 0.25) is 5.02 Å². The largest absolute Gasteiger partial charge is 0.326 e. The van der Waals surface area contributed by atoms with Gasteiger partial charge in [0.05, 0.1) is 16.9 Å². The van der Waals surface area contributed by atoms with Crippen LogP contribution in [-0.2, 0) is 9.59 Å². The molecule has 0 aliphatic heterocycles. The number of anilines is 2. The van der Waals surface area contributed by atoms with Crippen LogP contribution in [0.15, 0.2) is 65.7 Å². The molecule has 8 heteroatoms. The molecule has 2 heterocycles. The summed E-state index contributed by atoms with van der Waals surface area (Å²) >= 11 is 5.86. The van der Waals surface area contributed by atoms with Gasteiger partial charge in [-0.3, -0.25) is 19.0 Å². The van der Waals surface area contributed by atoms with Crippen molar-refractivity contribution < 1.29 is 9.59 Å². The van der Waals surface area contributed by atoms with Crippen LogP contribution >= 0.6 is 11.6 Å². The smallest absolute Gasteiger partial charge is 0.255 e. The maximum absolute atomic E-state index is 13.2. The van der Waals surface area contributed by atoms with Crippen LogP contribution in [-0.4, -0.2) is 21.4 Å². The van der Waals surface area contributed by atoms with Crippen LogP contribution in [0, 0.1) is 24.7 Å². The normalized spacial score (nSPS) is 19.8. The van der Waals surface area contributed by atoms with Crippen LogP contribution < -0.4 is 16.2 Å². The van der Waals surface area contributed by atoms with E-state index in [1.165, 1.54) is 12.3 Å². The Balaban J connectivity index is 1.48. The zero-order chi connectivity index (χ0) is 23.5. The molecule has 1 fully saturated rings. The second-order valence-corrected chi connectivity index (χ2v) is 8.97. The maximum Gasteiger partial charge on any atom is 0.255 e. The van der Waals surface area contributed by atoms with Gasteiger partial charge >= 0.3 is 0 Å². The molecule has 1 aliphatic rings. The standard InChI is InChI=1S/C25H25ClN4O3/c1-15-11-19(20(12-15)25(33)29-22-9-6-17(26)14-27-22)24(32)28-21-8-7-18(13-16(21)2)30-10-4-3-5-23(30)31/h3-10,13-15,19-20H,11-12H2,1-2H3,(H,28,32)(H,27,29,33)/t15-,19+,20+/m1/s1. The molecule has 2 N–H and O–H groups in total. The lowest BCUT2D eigenvalue weighted by molar-refractivity contribution is -0.128. The van der Waals surface area contributed by atoms with Crippen LogP contribution in [0.1, 0.15) is 25.3 Å². The zero-order valence-corrected chi connectivity index (χ0v) is 19.2. The van der Waals surface area contributed by atoms with E-state index in [9.17, 15) is 14.4 Å². The number of aryl methyl sites for hydroxylation is 1. The molecule has 3 atom stereocenters. The lowest BCUT2D eigenvalue weighted by atomic mass is 9.94. The van der Waals surface area contributed by atoms with Crippen molar-refractivity contribution in [3.8, 4) is 5.69 Å². The fraction of sp³-hybridized carbons (Fsp3) is 0.280. The number of hydrogen-bond acceptors (Lipinski definition) is 4. The number of nitrogens with zero attached hydrogens (tertiary/aromatic N) is 2. The quantitative estimate of drug-likeness (QED) is 0.584. The molecule has 3 aromatic rings. The predicted octanol–water partition coefficient (Wildman–Crippen LogP) is 4.43. The highest BCUT2D eigenvalue weighted by Gasteiger charge is 2.41. The second kappa shape index (κ2) is 9.58. The van der Waals surface area contributed by atoms with Gasteiger partial charge in [-0.2, -0.15) is 0 Å². The van der Waals surface area contributed by atoms with Gasteiger partial charge in [0.2, 0.25) is 11.8 Å². The Morgan fingerprint density at radius 2 is 1.76 bits per heavy atom. The van der Waals surface area contributed by atoms with Gasteiger partial charge in [-0.25, -0.2) is 4.98 Å². The van der Waals surface area contributed by atoms with Crippen molar-refractivity contribution in [3.63, 3.8) is 0 Å². The topological polar surface area (TPSA) is 93.1 Å². The molecular weight excluding hydrogens is 440 g/mol. The van der Waals surface area contributed by atoms with Crippen molar-refractivity contribution in [1.82, 2.24) is 9.55 Å². The fourth-order valence-corrected chi connectivity index (χ4v) is 4.46. The number of benzene rings is 1. The number of nitrogens with one attached hydrogen (secondary N) is 2. The minimum absolute atomic E-state index is 0.127. The lowest BCUT2D eigenvalue weighted by Gasteiger charge is -2.19.